The van der Waals surface area contributed by atoms with Crippen molar-refractivity contribution >= 4 is 28.9 Å². The number of carbonyl (C=O) groups is 2. The van der Waals surface area contributed by atoms with Gasteiger partial charge in [0.1, 0.15) is 0 Å². The lowest BCUT2D eigenvalue weighted by molar-refractivity contribution is -0.116. The largest absolute Gasteiger partial charge is 0.465 e. The molecule has 0 atom stereocenters. The van der Waals surface area contributed by atoms with Gasteiger partial charge in [-0.1, -0.05) is 17.4 Å². The Hall–Kier alpha value is -2.41. The van der Waals surface area contributed by atoms with Crippen LogP contribution in [-0.4, -0.2) is 23.6 Å². The number of rotatable bonds is 5. The van der Waals surface area contributed by atoms with Gasteiger partial charge in [0, 0.05) is 29.7 Å². The summed E-state index contributed by atoms with van der Waals surface area (Å²) in [6.45, 7) is 4.00. The quantitative estimate of drug-likeness (QED) is 0.852. The molecule has 1 N–H and O–H groups in total. The summed E-state index contributed by atoms with van der Waals surface area (Å²) in [7, 11) is 1.31. The van der Waals surface area contributed by atoms with E-state index < -0.39 is 5.97 Å². The Bertz CT molecular complexity index is 792. The van der Waals surface area contributed by atoms with Crippen LogP contribution in [0.1, 0.15) is 28.0 Å². The number of ether oxygens (including phenoxy) is 1. The Kier molecular flexibility index (Phi) is 5.33. The minimum Gasteiger partial charge on any atom is -0.465 e. The molecule has 2 rings (SSSR count). The highest BCUT2D eigenvalue weighted by molar-refractivity contribution is 7.07. The molecular formula is C16H18N2O4S. The van der Waals surface area contributed by atoms with Gasteiger partial charge in [-0.3, -0.25) is 9.59 Å². The van der Waals surface area contributed by atoms with Crippen LogP contribution in [0.15, 0.2) is 28.4 Å². The first-order valence-electron chi connectivity index (χ1n) is 7.06. The molecule has 7 heteroatoms. The normalized spacial score (nSPS) is 10.4. The second-order valence-corrected chi connectivity index (χ2v) is 5.93. The minimum atomic E-state index is -0.457. The van der Waals surface area contributed by atoms with Gasteiger partial charge in [-0.25, -0.2) is 4.79 Å². The van der Waals surface area contributed by atoms with Crippen molar-refractivity contribution in [3.63, 3.8) is 0 Å². The smallest absolute Gasteiger partial charge is 0.337 e. The average molecular weight is 334 g/mol. The van der Waals surface area contributed by atoms with Gasteiger partial charge >= 0.3 is 10.8 Å². The Labute approximate surface area is 137 Å². The minimum absolute atomic E-state index is 0.0702. The molecule has 0 saturated carbocycles. The van der Waals surface area contributed by atoms with Gasteiger partial charge in [-0.05, 0) is 31.5 Å². The van der Waals surface area contributed by atoms with Crippen molar-refractivity contribution in [3.8, 4) is 0 Å². The summed E-state index contributed by atoms with van der Waals surface area (Å²) in [4.78, 5) is 35.2. The summed E-state index contributed by atoms with van der Waals surface area (Å²) in [5, 5.41) is 4.54. The molecular weight excluding hydrogens is 316 g/mol. The zero-order chi connectivity index (χ0) is 17.0. The fourth-order valence-electron chi connectivity index (χ4n) is 2.10. The van der Waals surface area contributed by atoms with Gasteiger partial charge in [-0.15, -0.1) is 0 Å². The molecule has 1 heterocycles. The first-order chi connectivity index (χ1) is 10.9. The lowest BCUT2D eigenvalue weighted by Gasteiger charge is -2.10. The maximum absolute atomic E-state index is 12.1. The number of methoxy groups -OCH3 is 1. The van der Waals surface area contributed by atoms with E-state index >= 15 is 0 Å². The van der Waals surface area contributed by atoms with E-state index in [0.717, 1.165) is 22.6 Å². The number of nitrogens with zero attached hydrogens (tertiary/aromatic N) is 1. The van der Waals surface area contributed by atoms with Gasteiger partial charge in [0.05, 0.1) is 12.7 Å². The number of thiazole rings is 1. The summed E-state index contributed by atoms with van der Waals surface area (Å²) >= 11 is 1.12. The molecule has 0 bridgehead atoms. The maximum Gasteiger partial charge on any atom is 0.337 e. The Morgan fingerprint density at radius 3 is 2.65 bits per heavy atom. The Balaban J connectivity index is 2.05. The average Bonchev–Trinajstić information content (AvgIpc) is 2.85. The highest BCUT2D eigenvalue weighted by atomic mass is 32.1. The molecule has 1 amide bonds. The SMILES string of the molecule is COC(=O)c1ccc(C)c(NC(=O)CCn2c(C)csc2=O)c1. The number of aromatic nitrogens is 1. The molecule has 122 valence electrons. The van der Waals surface area contributed by atoms with Crippen LogP contribution in [0.5, 0.6) is 0 Å². The van der Waals surface area contributed by atoms with E-state index in [1.165, 1.54) is 7.11 Å². The molecule has 0 saturated heterocycles. The standard InChI is InChI=1S/C16H18N2O4S/c1-10-4-5-12(15(20)22-3)8-13(10)17-14(19)6-7-18-11(2)9-23-16(18)21/h4-5,8-9H,6-7H2,1-3H3,(H,17,19). The number of nitrogens with one attached hydrogen (secondary N) is 1. The fourth-order valence-corrected chi connectivity index (χ4v) is 2.86. The lowest BCUT2D eigenvalue weighted by Crippen LogP contribution is -2.20. The highest BCUT2D eigenvalue weighted by Gasteiger charge is 2.11. The summed E-state index contributed by atoms with van der Waals surface area (Å²) in [6, 6.07) is 4.97. The number of esters is 1. The summed E-state index contributed by atoms with van der Waals surface area (Å²) in [5.74, 6) is -0.673. The zero-order valence-electron chi connectivity index (χ0n) is 13.2. The molecule has 1 aromatic heterocycles. The third kappa shape index (κ3) is 4.07. The molecule has 0 aliphatic heterocycles. The summed E-state index contributed by atoms with van der Waals surface area (Å²) in [6.07, 6.45) is 0.180. The van der Waals surface area contributed by atoms with Crippen molar-refractivity contribution in [2.24, 2.45) is 0 Å². The van der Waals surface area contributed by atoms with Crippen LogP contribution in [0, 0.1) is 13.8 Å². The van der Waals surface area contributed by atoms with Crippen molar-refractivity contribution < 1.29 is 14.3 Å². The molecule has 1 aromatic carbocycles. The van der Waals surface area contributed by atoms with Crippen molar-refractivity contribution in [3.05, 3.63) is 50.1 Å². The van der Waals surface area contributed by atoms with Gasteiger partial charge in [-0.2, -0.15) is 0 Å². The molecule has 0 aliphatic carbocycles. The van der Waals surface area contributed by atoms with E-state index in [9.17, 15) is 14.4 Å². The number of hydrogen-bond acceptors (Lipinski definition) is 5. The monoisotopic (exact) mass is 334 g/mol. The van der Waals surface area contributed by atoms with Crippen LogP contribution in [0.25, 0.3) is 0 Å². The van der Waals surface area contributed by atoms with E-state index in [4.69, 9.17) is 0 Å². The third-order valence-electron chi connectivity index (χ3n) is 3.47. The Morgan fingerprint density at radius 2 is 2.04 bits per heavy atom. The molecule has 0 unspecified atom stereocenters. The van der Waals surface area contributed by atoms with E-state index in [0.29, 0.717) is 17.8 Å². The number of aryl methyl sites for hydroxylation is 2. The van der Waals surface area contributed by atoms with Crippen LogP contribution in [0.3, 0.4) is 0 Å². The molecule has 2 aromatic rings. The second-order valence-electron chi connectivity index (χ2n) is 5.11. The van der Waals surface area contributed by atoms with Crippen LogP contribution in [0.2, 0.25) is 0 Å². The predicted molar refractivity (Wildman–Crippen MR) is 89.1 cm³/mol. The Morgan fingerprint density at radius 1 is 1.30 bits per heavy atom. The summed E-state index contributed by atoms with van der Waals surface area (Å²) in [5.41, 5.74) is 2.62. The molecule has 0 fully saturated rings. The van der Waals surface area contributed by atoms with E-state index in [2.05, 4.69) is 10.1 Å². The van der Waals surface area contributed by atoms with E-state index in [1.54, 1.807) is 28.1 Å². The molecule has 0 spiro atoms. The topological polar surface area (TPSA) is 77.4 Å². The van der Waals surface area contributed by atoms with Crippen LogP contribution < -0.4 is 10.2 Å². The molecule has 6 nitrogen and oxygen atoms in total. The first kappa shape index (κ1) is 17.0. The second kappa shape index (κ2) is 7.23. The number of hydrogen-bond donors (Lipinski definition) is 1. The first-order valence-corrected chi connectivity index (χ1v) is 7.94. The zero-order valence-corrected chi connectivity index (χ0v) is 14.0. The summed E-state index contributed by atoms with van der Waals surface area (Å²) < 4.78 is 6.24. The number of anilines is 1. The van der Waals surface area contributed by atoms with E-state index in [1.807, 2.05) is 13.8 Å². The van der Waals surface area contributed by atoms with Gasteiger partial charge < -0.3 is 14.6 Å². The lowest BCUT2D eigenvalue weighted by atomic mass is 10.1. The number of carbonyl (C=O) groups excluding carboxylic acids is 2. The molecule has 0 radical (unpaired) electrons. The van der Waals surface area contributed by atoms with Crippen LogP contribution in [0.4, 0.5) is 5.69 Å². The number of amides is 1. The molecule has 23 heavy (non-hydrogen) atoms. The van der Waals surface area contributed by atoms with Crippen LogP contribution >= 0.6 is 11.3 Å². The number of benzene rings is 1. The van der Waals surface area contributed by atoms with Gasteiger partial charge in [0.15, 0.2) is 0 Å². The molecule has 0 aliphatic rings. The van der Waals surface area contributed by atoms with Crippen molar-refractivity contribution in [1.82, 2.24) is 4.57 Å². The van der Waals surface area contributed by atoms with E-state index in [-0.39, 0.29) is 17.2 Å². The predicted octanol–water partition coefficient (Wildman–Crippen LogP) is 2.34. The third-order valence-corrected chi connectivity index (χ3v) is 4.35. The van der Waals surface area contributed by atoms with Crippen LogP contribution in [-0.2, 0) is 16.1 Å². The maximum atomic E-state index is 12.1. The van der Waals surface area contributed by atoms with Crippen molar-refractivity contribution in [2.75, 3.05) is 12.4 Å². The van der Waals surface area contributed by atoms with Crippen molar-refractivity contribution in [1.29, 1.82) is 0 Å². The van der Waals surface area contributed by atoms with Crippen molar-refractivity contribution in [2.45, 2.75) is 26.8 Å². The van der Waals surface area contributed by atoms with Gasteiger partial charge in [0.25, 0.3) is 0 Å². The fraction of sp³-hybridized carbons (Fsp3) is 0.312. The highest BCUT2D eigenvalue weighted by Crippen LogP contribution is 2.18. The van der Waals surface area contributed by atoms with Gasteiger partial charge in [0.2, 0.25) is 5.91 Å².